The third kappa shape index (κ3) is 4.71. The fourth-order valence-electron chi connectivity index (χ4n) is 8.30. The Kier molecular flexibility index (Phi) is 6.56. The van der Waals surface area contributed by atoms with Gasteiger partial charge in [-0.3, -0.25) is 0 Å². The van der Waals surface area contributed by atoms with Crippen LogP contribution in [-0.4, -0.2) is 9.97 Å². The Balaban J connectivity index is 1.17. The van der Waals surface area contributed by atoms with Crippen molar-refractivity contribution in [2.45, 2.75) is 19.3 Å². The van der Waals surface area contributed by atoms with Crippen molar-refractivity contribution in [3.05, 3.63) is 181 Å². The number of hydrogen-bond donors (Lipinski definition) is 0. The molecule has 0 saturated heterocycles. The van der Waals surface area contributed by atoms with Crippen LogP contribution in [-0.2, 0) is 5.41 Å². The van der Waals surface area contributed by atoms with Gasteiger partial charge in [0, 0.05) is 22.1 Å². The monoisotopic (exact) mass is 650 g/mol. The number of nitrogens with zero attached hydrogens (tertiary/aromatic N) is 2. The molecule has 1 aliphatic rings. The van der Waals surface area contributed by atoms with Crippen LogP contribution in [0.25, 0.3) is 88.5 Å². The van der Waals surface area contributed by atoms with E-state index in [0.29, 0.717) is 0 Å². The van der Waals surface area contributed by atoms with Crippen molar-refractivity contribution in [3.63, 3.8) is 0 Å². The molecule has 2 nitrogen and oxygen atoms in total. The van der Waals surface area contributed by atoms with Crippen LogP contribution in [0.5, 0.6) is 0 Å². The molecule has 51 heavy (non-hydrogen) atoms. The lowest BCUT2D eigenvalue weighted by atomic mass is 9.82. The molecule has 0 atom stereocenters. The topological polar surface area (TPSA) is 25.8 Å². The minimum Gasteiger partial charge on any atom is -0.228 e. The molecule has 240 valence electrons. The molecule has 0 amide bonds. The van der Waals surface area contributed by atoms with Crippen molar-refractivity contribution in [2.75, 3.05) is 0 Å². The molecule has 0 aliphatic heterocycles. The Hall–Kier alpha value is -6.38. The summed E-state index contributed by atoms with van der Waals surface area (Å²) in [5.41, 5.74) is 12.6. The van der Waals surface area contributed by atoms with Crippen LogP contribution < -0.4 is 0 Å². The van der Waals surface area contributed by atoms with Gasteiger partial charge in [-0.2, -0.15) is 0 Å². The summed E-state index contributed by atoms with van der Waals surface area (Å²) in [6.45, 7) is 4.64. The van der Waals surface area contributed by atoms with Gasteiger partial charge in [0.1, 0.15) is 0 Å². The lowest BCUT2D eigenvalue weighted by Gasteiger charge is -2.21. The zero-order valence-electron chi connectivity index (χ0n) is 28.6. The minimum absolute atomic E-state index is 0.0466. The van der Waals surface area contributed by atoms with Crippen LogP contribution in [0.1, 0.15) is 25.0 Å². The molecule has 10 rings (SSSR count). The molecule has 0 bridgehead atoms. The van der Waals surface area contributed by atoms with E-state index in [9.17, 15) is 0 Å². The van der Waals surface area contributed by atoms with Gasteiger partial charge in [-0.05, 0) is 90.0 Å². The summed E-state index contributed by atoms with van der Waals surface area (Å²) in [5, 5.41) is 7.52. The maximum Gasteiger partial charge on any atom is 0.160 e. The van der Waals surface area contributed by atoms with E-state index in [-0.39, 0.29) is 5.41 Å². The Morgan fingerprint density at radius 2 is 1.02 bits per heavy atom. The summed E-state index contributed by atoms with van der Waals surface area (Å²) in [6.07, 6.45) is 0. The van der Waals surface area contributed by atoms with Crippen LogP contribution in [0.2, 0.25) is 0 Å². The van der Waals surface area contributed by atoms with Gasteiger partial charge < -0.3 is 0 Å². The molecule has 0 N–H and O–H groups in total. The highest BCUT2D eigenvalue weighted by Crippen LogP contribution is 2.49. The standard InChI is InChI=1S/C49H34N2/c1-49(2)43-22-11-10-21-39(43)42-29-35(24-26-44(42)49)46-30-45(50-48(51-46)32-14-4-3-5-15-32)34-17-12-18-36(27-34)47-38-20-9-7-16-33(38)28-41-37-19-8-6-13-31(37)23-25-40(41)47/h3-30H,1-2H3. The zero-order valence-corrected chi connectivity index (χ0v) is 28.6. The van der Waals surface area contributed by atoms with Gasteiger partial charge in [0.05, 0.1) is 11.4 Å². The average Bonchev–Trinajstić information content (AvgIpc) is 3.42. The van der Waals surface area contributed by atoms with Crippen molar-refractivity contribution in [1.29, 1.82) is 0 Å². The summed E-state index contributed by atoms with van der Waals surface area (Å²) in [5.74, 6) is 0.719. The molecule has 0 radical (unpaired) electrons. The number of rotatable bonds is 4. The lowest BCUT2D eigenvalue weighted by Crippen LogP contribution is -2.14. The van der Waals surface area contributed by atoms with Crippen LogP contribution in [0.3, 0.4) is 0 Å². The van der Waals surface area contributed by atoms with Gasteiger partial charge in [-0.25, -0.2) is 9.97 Å². The summed E-state index contributed by atoms with van der Waals surface area (Å²) < 4.78 is 0. The molecule has 0 fully saturated rings. The summed E-state index contributed by atoms with van der Waals surface area (Å²) in [6, 6.07) is 61.3. The van der Waals surface area contributed by atoms with E-state index in [1.54, 1.807) is 0 Å². The second kappa shape index (κ2) is 11.3. The van der Waals surface area contributed by atoms with Crippen molar-refractivity contribution in [1.82, 2.24) is 9.97 Å². The second-order valence-corrected chi connectivity index (χ2v) is 14.2. The van der Waals surface area contributed by atoms with Gasteiger partial charge in [0.2, 0.25) is 0 Å². The van der Waals surface area contributed by atoms with Gasteiger partial charge in [0.15, 0.2) is 5.82 Å². The number of aromatic nitrogens is 2. The molecule has 9 aromatic rings. The molecule has 0 spiro atoms. The molecule has 2 heteroatoms. The van der Waals surface area contributed by atoms with Crippen molar-refractivity contribution in [2.24, 2.45) is 0 Å². The van der Waals surface area contributed by atoms with Crippen LogP contribution in [0.4, 0.5) is 0 Å². The molecule has 0 saturated carbocycles. The highest BCUT2D eigenvalue weighted by Gasteiger charge is 2.35. The van der Waals surface area contributed by atoms with E-state index >= 15 is 0 Å². The summed E-state index contributed by atoms with van der Waals surface area (Å²) >= 11 is 0. The quantitative estimate of drug-likeness (QED) is 0.140. The zero-order chi connectivity index (χ0) is 34.1. The summed E-state index contributed by atoms with van der Waals surface area (Å²) in [4.78, 5) is 10.4. The predicted molar refractivity (Wildman–Crippen MR) is 214 cm³/mol. The fraction of sp³-hybridized carbons (Fsp3) is 0.0612. The van der Waals surface area contributed by atoms with E-state index in [0.717, 1.165) is 33.9 Å². The molecular weight excluding hydrogens is 617 g/mol. The first-order valence-electron chi connectivity index (χ1n) is 17.7. The second-order valence-electron chi connectivity index (χ2n) is 14.2. The average molecular weight is 651 g/mol. The Labute approximate surface area is 297 Å². The maximum atomic E-state index is 5.22. The van der Waals surface area contributed by atoms with Gasteiger partial charge in [-0.1, -0.05) is 159 Å². The smallest absolute Gasteiger partial charge is 0.160 e. The third-order valence-electron chi connectivity index (χ3n) is 10.9. The van der Waals surface area contributed by atoms with Crippen molar-refractivity contribution < 1.29 is 0 Å². The number of fused-ring (bicyclic) bond motifs is 7. The van der Waals surface area contributed by atoms with Gasteiger partial charge >= 0.3 is 0 Å². The van der Waals surface area contributed by atoms with E-state index in [1.165, 1.54) is 65.7 Å². The first-order chi connectivity index (χ1) is 25.0. The molecule has 1 aliphatic carbocycles. The largest absolute Gasteiger partial charge is 0.228 e. The Morgan fingerprint density at radius 3 is 1.86 bits per heavy atom. The highest BCUT2D eigenvalue weighted by atomic mass is 14.9. The molecular formula is C49H34N2. The van der Waals surface area contributed by atoms with Crippen molar-refractivity contribution in [3.8, 4) is 56.2 Å². The first-order valence-corrected chi connectivity index (χ1v) is 17.7. The molecule has 1 heterocycles. The first kappa shape index (κ1) is 29.5. The van der Waals surface area contributed by atoms with Gasteiger partial charge in [-0.15, -0.1) is 0 Å². The third-order valence-corrected chi connectivity index (χ3v) is 10.9. The van der Waals surface area contributed by atoms with Crippen LogP contribution in [0, 0.1) is 0 Å². The van der Waals surface area contributed by atoms with Gasteiger partial charge in [0.25, 0.3) is 0 Å². The van der Waals surface area contributed by atoms with E-state index < -0.39 is 0 Å². The number of hydrogen-bond acceptors (Lipinski definition) is 2. The van der Waals surface area contributed by atoms with E-state index in [2.05, 4.69) is 178 Å². The maximum absolute atomic E-state index is 5.22. The number of benzene rings is 8. The lowest BCUT2D eigenvalue weighted by molar-refractivity contribution is 0.660. The van der Waals surface area contributed by atoms with Crippen molar-refractivity contribution >= 4 is 32.3 Å². The molecule has 8 aromatic carbocycles. The predicted octanol–water partition coefficient (Wildman–Crippen LogP) is 12.9. The highest BCUT2D eigenvalue weighted by molar-refractivity contribution is 6.20. The fourth-order valence-corrected chi connectivity index (χ4v) is 8.30. The summed E-state index contributed by atoms with van der Waals surface area (Å²) in [7, 11) is 0. The minimum atomic E-state index is -0.0466. The van der Waals surface area contributed by atoms with Crippen LogP contribution in [0.15, 0.2) is 170 Å². The van der Waals surface area contributed by atoms with Crippen LogP contribution >= 0.6 is 0 Å². The normalized spacial score (nSPS) is 13.1. The SMILES string of the molecule is CC1(C)c2ccccc2-c2cc(-c3cc(-c4cccc(-c5c6ccccc6cc6c5ccc5ccccc56)c4)nc(-c4ccccc4)n3)ccc21. The molecule has 1 aromatic heterocycles. The Bertz CT molecular complexity index is 2830. The Morgan fingerprint density at radius 1 is 0.373 bits per heavy atom. The van der Waals surface area contributed by atoms with E-state index in [1.807, 2.05) is 6.07 Å². The molecule has 0 unspecified atom stereocenters. The van der Waals surface area contributed by atoms with E-state index in [4.69, 9.17) is 9.97 Å².